The van der Waals surface area contributed by atoms with Crippen LogP contribution in [0.3, 0.4) is 0 Å². The first-order valence-electron chi connectivity index (χ1n) is 9.97. The standard InChI is InChI=1S/C22H23N3O4S/c1-21(2)28-18-17(10-14(11-26)22(18,12-27)29-21)25-9-8-16-19(25)23-13-24-20(16)30-15-6-4-3-5-7-15/h3-9,12-14,17-18,26H,10-11H2,1-2H3/t14-,17+,18-,22+/m0/s1. The number of ether oxygens (including phenoxy) is 2. The summed E-state index contributed by atoms with van der Waals surface area (Å²) >= 11 is 1.58. The van der Waals surface area contributed by atoms with Gasteiger partial charge in [0.25, 0.3) is 0 Å². The van der Waals surface area contributed by atoms with Crippen LogP contribution in [0.1, 0.15) is 26.3 Å². The number of aliphatic hydroxyl groups is 1. The molecule has 0 spiro atoms. The molecular formula is C22H23N3O4S. The molecule has 1 aromatic carbocycles. The summed E-state index contributed by atoms with van der Waals surface area (Å²) in [7, 11) is 0. The minimum absolute atomic E-state index is 0.144. The van der Waals surface area contributed by atoms with Gasteiger partial charge in [-0.1, -0.05) is 30.0 Å². The van der Waals surface area contributed by atoms with Crippen LogP contribution in [0, 0.1) is 5.92 Å². The monoisotopic (exact) mass is 425 g/mol. The molecule has 2 aliphatic rings. The van der Waals surface area contributed by atoms with Gasteiger partial charge in [0.1, 0.15) is 23.1 Å². The van der Waals surface area contributed by atoms with Crippen LogP contribution in [0.4, 0.5) is 0 Å². The molecule has 0 radical (unpaired) electrons. The Labute approximate surface area is 178 Å². The molecule has 0 amide bonds. The molecule has 2 aromatic heterocycles. The van der Waals surface area contributed by atoms with Gasteiger partial charge in [-0.2, -0.15) is 0 Å². The van der Waals surface area contributed by atoms with Crippen molar-refractivity contribution in [2.24, 2.45) is 5.92 Å². The lowest BCUT2D eigenvalue weighted by Crippen LogP contribution is -2.46. The fourth-order valence-corrected chi connectivity index (χ4v) is 5.65. The molecular weight excluding hydrogens is 402 g/mol. The maximum absolute atomic E-state index is 12.1. The van der Waals surface area contributed by atoms with Crippen LogP contribution in [0.2, 0.25) is 0 Å². The molecule has 1 aliphatic carbocycles. The van der Waals surface area contributed by atoms with Gasteiger partial charge in [0.15, 0.2) is 17.7 Å². The van der Waals surface area contributed by atoms with Crippen molar-refractivity contribution in [2.75, 3.05) is 6.61 Å². The summed E-state index contributed by atoms with van der Waals surface area (Å²) in [6, 6.07) is 11.9. The summed E-state index contributed by atoms with van der Waals surface area (Å²) in [5.41, 5.74) is -0.381. The average Bonchev–Trinajstić information content (AvgIpc) is 3.37. The van der Waals surface area contributed by atoms with Gasteiger partial charge in [0.05, 0.1) is 11.4 Å². The van der Waals surface area contributed by atoms with E-state index < -0.39 is 17.5 Å². The Morgan fingerprint density at radius 1 is 1.27 bits per heavy atom. The van der Waals surface area contributed by atoms with Crippen molar-refractivity contribution in [1.29, 1.82) is 0 Å². The first-order chi connectivity index (χ1) is 14.5. The highest BCUT2D eigenvalue weighted by molar-refractivity contribution is 7.99. The van der Waals surface area contributed by atoms with Gasteiger partial charge < -0.3 is 23.9 Å². The molecule has 7 nitrogen and oxygen atoms in total. The Morgan fingerprint density at radius 3 is 2.80 bits per heavy atom. The van der Waals surface area contributed by atoms with E-state index in [1.807, 2.05) is 47.2 Å². The number of aromatic nitrogens is 3. The Morgan fingerprint density at radius 2 is 2.07 bits per heavy atom. The highest BCUT2D eigenvalue weighted by atomic mass is 32.2. The van der Waals surface area contributed by atoms with Crippen LogP contribution in [0.25, 0.3) is 11.0 Å². The van der Waals surface area contributed by atoms with E-state index in [0.717, 1.165) is 27.2 Å². The van der Waals surface area contributed by atoms with Crippen molar-refractivity contribution in [1.82, 2.24) is 14.5 Å². The van der Waals surface area contributed by atoms with Gasteiger partial charge in [-0.3, -0.25) is 0 Å². The number of fused-ring (bicyclic) bond motifs is 2. The first kappa shape index (κ1) is 19.7. The summed E-state index contributed by atoms with van der Waals surface area (Å²) in [6.07, 6.45) is 4.39. The van der Waals surface area contributed by atoms with E-state index in [1.165, 1.54) is 0 Å². The molecule has 8 heteroatoms. The number of rotatable bonds is 5. The predicted molar refractivity (Wildman–Crippen MR) is 111 cm³/mol. The molecule has 1 saturated heterocycles. The second-order valence-electron chi connectivity index (χ2n) is 8.25. The number of nitrogens with zero attached hydrogens (tertiary/aromatic N) is 3. The van der Waals surface area contributed by atoms with Crippen LogP contribution in [0.15, 0.2) is 58.8 Å². The van der Waals surface area contributed by atoms with E-state index in [9.17, 15) is 9.90 Å². The molecule has 1 saturated carbocycles. The Kier molecular flexibility index (Phi) is 4.70. The topological polar surface area (TPSA) is 86.5 Å². The van der Waals surface area contributed by atoms with E-state index in [-0.39, 0.29) is 18.6 Å². The van der Waals surface area contributed by atoms with Crippen LogP contribution < -0.4 is 0 Å². The molecule has 1 N–H and O–H groups in total. The maximum Gasteiger partial charge on any atom is 0.164 e. The van der Waals surface area contributed by atoms with E-state index in [4.69, 9.17) is 9.47 Å². The van der Waals surface area contributed by atoms with E-state index in [0.29, 0.717) is 6.42 Å². The van der Waals surface area contributed by atoms with Crippen molar-refractivity contribution in [3.8, 4) is 0 Å². The smallest absolute Gasteiger partial charge is 0.164 e. The highest BCUT2D eigenvalue weighted by Gasteiger charge is 2.65. The number of carbonyl (C=O) groups excluding carboxylic acids is 1. The number of benzene rings is 1. The van der Waals surface area contributed by atoms with Crippen molar-refractivity contribution in [3.63, 3.8) is 0 Å². The Hall–Kier alpha value is -2.26. The summed E-state index contributed by atoms with van der Waals surface area (Å²) in [5, 5.41) is 11.8. The summed E-state index contributed by atoms with van der Waals surface area (Å²) in [5.74, 6) is -1.24. The molecule has 3 aromatic rings. The summed E-state index contributed by atoms with van der Waals surface area (Å²) in [4.78, 5) is 22.3. The number of hydrogen-bond donors (Lipinski definition) is 1. The molecule has 2 fully saturated rings. The molecule has 0 bridgehead atoms. The number of aldehydes is 1. The lowest BCUT2D eigenvalue weighted by molar-refractivity contribution is -0.182. The zero-order chi connectivity index (χ0) is 20.9. The third-order valence-corrected chi connectivity index (χ3v) is 7.01. The fraction of sp³-hybridized carbons (Fsp3) is 0.409. The van der Waals surface area contributed by atoms with Gasteiger partial charge in [-0.15, -0.1) is 0 Å². The lowest BCUT2D eigenvalue weighted by atomic mass is 9.91. The van der Waals surface area contributed by atoms with Gasteiger partial charge >= 0.3 is 0 Å². The van der Waals surface area contributed by atoms with Gasteiger partial charge in [-0.25, -0.2) is 9.97 Å². The quantitative estimate of drug-likeness (QED) is 0.496. The number of hydrogen-bond acceptors (Lipinski definition) is 7. The molecule has 30 heavy (non-hydrogen) atoms. The Bertz CT molecular complexity index is 1090. The van der Waals surface area contributed by atoms with Crippen molar-refractivity contribution >= 4 is 29.1 Å². The molecule has 1 aliphatic heterocycles. The SMILES string of the molecule is CC1(C)O[C@H]2[C@H](n3ccc4c(Sc5ccccc5)ncnc43)C[C@@H](CO)[C@@]2(C=O)O1. The molecule has 156 valence electrons. The van der Waals surface area contributed by atoms with Crippen LogP contribution in [0.5, 0.6) is 0 Å². The molecule has 3 heterocycles. The second kappa shape index (κ2) is 7.16. The van der Waals surface area contributed by atoms with Crippen molar-refractivity contribution in [2.45, 2.75) is 53.7 Å². The third-order valence-electron chi connectivity index (χ3n) is 5.98. The van der Waals surface area contributed by atoms with Crippen LogP contribution in [-0.4, -0.2) is 50.0 Å². The zero-order valence-electron chi connectivity index (χ0n) is 16.8. The maximum atomic E-state index is 12.1. The lowest BCUT2D eigenvalue weighted by Gasteiger charge is -2.27. The summed E-state index contributed by atoms with van der Waals surface area (Å²) < 4.78 is 14.3. The largest absolute Gasteiger partial charge is 0.396 e. The highest BCUT2D eigenvalue weighted by Crippen LogP contribution is 2.53. The molecule has 4 atom stereocenters. The third kappa shape index (κ3) is 2.98. The van der Waals surface area contributed by atoms with Crippen LogP contribution in [-0.2, 0) is 14.3 Å². The van der Waals surface area contributed by atoms with E-state index in [1.54, 1.807) is 31.9 Å². The predicted octanol–water partition coefficient (Wildman–Crippen LogP) is 3.23. The van der Waals surface area contributed by atoms with Gasteiger partial charge in [0, 0.05) is 23.6 Å². The minimum Gasteiger partial charge on any atom is -0.396 e. The van der Waals surface area contributed by atoms with Gasteiger partial charge in [0.2, 0.25) is 0 Å². The average molecular weight is 426 g/mol. The normalized spacial score (nSPS) is 29.9. The number of carbonyl (C=O) groups is 1. The van der Waals surface area contributed by atoms with E-state index >= 15 is 0 Å². The molecule has 0 unspecified atom stereocenters. The fourth-order valence-electron chi connectivity index (χ4n) is 4.76. The van der Waals surface area contributed by atoms with Crippen LogP contribution >= 0.6 is 11.8 Å². The first-order valence-corrected chi connectivity index (χ1v) is 10.8. The number of aliphatic hydroxyl groups excluding tert-OH is 1. The second-order valence-corrected chi connectivity index (χ2v) is 9.31. The van der Waals surface area contributed by atoms with E-state index in [2.05, 4.69) is 9.97 Å². The van der Waals surface area contributed by atoms with Gasteiger partial charge in [-0.05, 0) is 38.5 Å². The summed E-state index contributed by atoms with van der Waals surface area (Å²) in [6.45, 7) is 3.45. The van der Waals surface area contributed by atoms with Crippen molar-refractivity contribution < 1.29 is 19.4 Å². The van der Waals surface area contributed by atoms with Crippen molar-refractivity contribution in [3.05, 3.63) is 48.9 Å². The zero-order valence-corrected chi connectivity index (χ0v) is 17.6. The minimum atomic E-state index is -1.16. The Balaban J connectivity index is 1.55. The molecule has 5 rings (SSSR count).